The van der Waals surface area contributed by atoms with Crippen LogP contribution >= 0.6 is 0 Å². The number of hydrogen-bond donors (Lipinski definition) is 0. The number of carbonyl (C=O) groups is 1. The molecule has 2 aliphatic heterocycles. The minimum atomic E-state index is -0.439. The molecule has 0 bridgehead atoms. The van der Waals surface area contributed by atoms with Gasteiger partial charge in [-0.25, -0.2) is 8.78 Å². The van der Waals surface area contributed by atoms with E-state index < -0.39 is 5.82 Å². The Morgan fingerprint density at radius 2 is 1.67 bits per heavy atom. The molecule has 5 heteroatoms. The van der Waals surface area contributed by atoms with Crippen LogP contribution in [0.3, 0.4) is 0 Å². The molecule has 0 atom stereocenters. The fourth-order valence-electron chi connectivity index (χ4n) is 5.09. The Hall–Kier alpha value is -3.31. The summed E-state index contributed by atoms with van der Waals surface area (Å²) in [5, 5.41) is 0. The quantitative estimate of drug-likeness (QED) is 0.518. The Bertz CT molecular complexity index is 1180. The number of halogens is 2. The number of piperidine rings is 1. The first-order valence-corrected chi connectivity index (χ1v) is 11.4. The lowest BCUT2D eigenvalue weighted by Crippen LogP contribution is -2.46. The van der Waals surface area contributed by atoms with Gasteiger partial charge in [-0.1, -0.05) is 48.6 Å². The summed E-state index contributed by atoms with van der Waals surface area (Å²) in [6.07, 6.45) is 5.99. The van der Waals surface area contributed by atoms with Crippen molar-refractivity contribution in [1.82, 2.24) is 4.90 Å². The molecule has 2 heterocycles. The standard InChI is InChI=1S/C28H26F2N2O/c29-23-10-4-9-22(18-23)27(33)32-20-28(25-19-24(30)11-12-26(25)32)13-16-31(17-14-28)15-5-8-21-6-2-1-3-7-21/h1-12,18-19H,13-17,20H2. The summed E-state index contributed by atoms with van der Waals surface area (Å²) in [7, 11) is 0. The molecule has 0 aliphatic carbocycles. The van der Waals surface area contributed by atoms with Gasteiger partial charge in [0.15, 0.2) is 0 Å². The minimum Gasteiger partial charge on any atom is -0.307 e. The molecule has 3 aromatic carbocycles. The fourth-order valence-corrected chi connectivity index (χ4v) is 5.09. The number of anilines is 1. The molecule has 1 amide bonds. The van der Waals surface area contributed by atoms with Crippen LogP contribution in [0.5, 0.6) is 0 Å². The number of carbonyl (C=O) groups excluding carboxylic acids is 1. The summed E-state index contributed by atoms with van der Waals surface area (Å²) in [5.41, 5.74) is 2.85. The van der Waals surface area contributed by atoms with Crippen LogP contribution in [0.2, 0.25) is 0 Å². The third kappa shape index (κ3) is 4.33. The van der Waals surface area contributed by atoms with Crippen LogP contribution in [0.4, 0.5) is 14.5 Å². The highest BCUT2D eigenvalue weighted by atomic mass is 19.1. The minimum absolute atomic E-state index is 0.243. The van der Waals surface area contributed by atoms with E-state index in [1.165, 1.54) is 23.8 Å². The molecule has 0 saturated carbocycles. The van der Waals surface area contributed by atoms with Crippen LogP contribution in [0, 0.1) is 11.6 Å². The van der Waals surface area contributed by atoms with E-state index in [2.05, 4.69) is 29.2 Å². The highest BCUT2D eigenvalue weighted by Gasteiger charge is 2.46. The number of amides is 1. The monoisotopic (exact) mass is 444 g/mol. The van der Waals surface area contributed by atoms with Crippen molar-refractivity contribution in [3.63, 3.8) is 0 Å². The zero-order chi connectivity index (χ0) is 22.8. The predicted octanol–water partition coefficient (Wildman–Crippen LogP) is 5.67. The van der Waals surface area contributed by atoms with Crippen molar-refractivity contribution in [2.45, 2.75) is 18.3 Å². The normalized spacial score (nSPS) is 17.6. The Morgan fingerprint density at radius 3 is 2.42 bits per heavy atom. The summed E-state index contributed by atoms with van der Waals surface area (Å²) in [4.78, 5) is 17.4. The van der Waals surface area contributed by atoms with Crippen LogP contribution in [-0.2, 0) is 5.41 Å². The van der Waals surface area contributed by atoms with E-state index in [0.29, 0.717) is 12.1 Å². The lowest BCUT2D eigenvalue weighted by molar-refractivity contribution is 0.0977. The lowest BCUT2D eigenvalue weighted by Gasteiger charge is -2.39. The van der Waals surface area contributed by atoms with Crippen molar-refractivity contribution in [3.05, 3.63) is 107 Å². The maximum Gasteiger partial charge on any atom is 0.258 e. The number of nitrogens with zero attached hydrogens (tertiary/aromatic N) is 2. The predicted molar refractivity (Wildman–Crippen MR) is 127 cm³/mol. The van der Waals surface area contributed by atoms with Gasteiger partial charge in [-0.3, -0.25) is 9.69 Å². The van der Waals surface area contributed by atoms with Crippen molar-refractivity contribution < 1.29 is 13.6 Å². The number of hydrogen-bond acceptors (Lipinski definition) is 2. The van der Waals surface area contributed by atoms with Gasteiger partial charge in [0.2, 0.25) is 0 Å². The first-order chi connectivity index (χ1) is 16.0. The zero-order valence-electron chi connectivity index (χ0n) is 18.4. The van der Waals surface area contributed by atoms with E-state index in [-0.39, 0.29) is 17.1 Å². The molecule has 3 nitrogen and oxygen atoms in total. The molecule has 168 valence electrons. The number of fused-ring (bicyclic) bond motifs is 2. The average Bonchev–Trinajstić information content (AvgIpc) is 3.14. The van der Waals surface area contributed by atoms with E-state index in [1.807, 2.05) is 18.2 Å². The molecule has 5 rings (SSSR count). The van der Waals surface area contributed by atoms with Crippen LogP contribution in [0.1, 0.15) is 34.3 Å². The topological polar surface area (TPSA) is 23.6 Å². The maximum atomic E-state index is 14.2. The van der Waals surface area contributed by atoms with E-state index in [4.69, 9.17) is 0 Å². The average molecular weight is 445 g/mol. The van der Waals surface area contributed by atoms with Crippen molar-refractivity contribution >= 4 is 17.7 Å². The third-order valence-corrected chi connectivity index (χ3v) is 6.88. The second kappa shape index (κ2) is 8.91. The van der Waals surface area contributed by atoms with Gasteiger partial charge in [0.1, 0.15) is 11.6 Å². The second-order valence-electron chi connectivity index (χ2n) is 8.96. The van der Waals surface area contributed by atoms with Crippen LogP contribution in [-0.4, -0.2) is 37.0 Å². The summed E-state index contributed by atoms with van der Waals surface area (Å²) in [6.45, 7) is 3.09. The summed E-state index contributed by atoms with van der Waals surface area (Å²) >= 11 is 0. The molecule has 33 heavy (non-hydrogen) atoms. The zero-order valence-corrected chi connectivity index (χ0v) is 18.4. The van der Waals surface area contributed by atoms with E-state index >= 15 is 0 Å². The highest BCUT2D eigenvalue weighted by molar-refractivity contribution is 6.07. The van der Waals surface area contributed by atoms with E-state index in [0.717, 1.165) is 43.7 Å². The number of benzene rings is 3. The van der Waals surface area contributed by atoms with Gasteiger partial charge in [-0.2, -0.15) is 0 Å². The molecular formula is C28H26F2N2O. The molecule has 1 fully saturated rings. The van der Waals surface area contributed by atoms with Gasteiger partial charge in [0, 0.05) is 29.8 Å². The summed E-state index contributed by atoms with van der Waals surface area (Å²) in [5.74, 6) is -0.972. The van der Waals surface area contributed by atoms with E-state index in [1.54, 1.807) is 29.2 Å². The largest absolute Gasteiger partial charge is 0.307 e. The van der Waals surface area contributed by atoms with Crippen LogP contribution in [0.25, 0.3) is 6.08 Å². The van der Waals surface area contributed by atoms with Gasteiger partial charge in [-0.05, 0) is 73.5 Å². The van der Waals surface area contributed by atoms with Crippen molar-refractivity contribution in [2.24, 2.45) is 0 Å². The summed E-state index contributed by atoms with van der Waals surface area (Å²) < 4.78 is 28.0. The molecular weight excluding hydrogens is 418 g/mol. The van der Waals surface area contributed by atoms with Gasteiger partial charge >= 0.3 is 0 Å². The van der Waals surface area contributed by atoms with Gasteiger partial charge in [-0.15, -0.1) is 0 Å². The highest BCUT2D eigenvalue weighted by Crippen LogP contribution is 2.47. The molecule has 2 aliphatic rings. The van der Waals surface area contributed by atoms with Gasteiger partial charge < -0.3 is 4.90 Å². The van der Waals surface area contributed by atoms with Gasteiger partial charge in [0.05, 0.1) is 0 Å². The van der Waals surface area contributed by atoms with Crippen molar-refractivity contribution in [2.75, 3.05) is 31.1 Å². The molecule has 0 radical (unpaired) electrons. The SMILES string of the molecule is O=C(c1cccc(F)c1)N1CC2(CCN(CC=Cc3ccccc3)CC2)c2cc(F)ccc21. The Kier molecular flexibility index (Phi) is 5.81. The first kappa shape index (κ1) is 21.5. The fraction of sp³-hybridized carbons (Fsp3) is 0.250. The summed E-state index contributed by atoms with van der Waals surface area (Å²) in [6, 6.07) is 20.6. The van der Waals surface area contributed by atoms with Gasteiger partial charge in [0.25, 0.3) is 5.91 Å². The van der Waals surface area contributed by atoms with Crippen LogP contribution in [0.15, 0.2) is 78.9 Å². The van der Waals surface area contributed by atoms with Crippen LogP contribution < -0.4 is 4.90 Å². The van der Waals surface area contributed by atoms with E-state index in [9.17, 15) is 13.6 Å². The Balaban J connectivity index is 1.33. The lowest BCUT2D eigenvalue weighted by atomic mass is 9.74. The molecule has 3 aromatic rings. The Morgan fingerprint density at radius 1 is 0.909 bits per heavy atom. The number of rotatable bonds is 4. The van der Waals surface area contributed by atoms with Crippen molar-refractivity contribution in [3.8, 4) is 0 Å². The molecule has 0 N–H and O–H groups in total. The molecule has 1 saturated heterocycles. The molecule has 0 unspecified atom stereocenters. The molecule has 0 aromatic heterocycles. The third-order valence-electron chi connectivity index (χ3n) is 6.88. The first-order valence-electron chi connectivity index (χ1n) is 11.4. The van der Waals surface area contributed by atoms with Crippen molar-refractivity contribution in [1.29, 1.82) is 0 Å². The Labute approximate surface area is 193 Å². The number of likely N-dealkylation sites (tertiary alicyclic amines) is 1. The maximum absolute atomic E-state index is 14.2. The molecule has 1 spiro atoms. The smallest absolute Gasteiger partial charge is 0.258 e. The second-order valence-corrected chi connectivity index (χ2v) is 8.96.